The van der Waals surface area contributed by atoms with Crippen LogP contribution in [0.3, 0.4) is 0 Å². The fraction of sp³-hybridized carbons (Fsp3) is 0.667. The van der Waals surface area contributed by atoms with Crippen LogP contribution in [0.2, 0.25) is 0 Å². The van der Waals surface area contributed by atoms with Crippen molar-refractivity contribution in [2.24, 2.45) is 0 Å². The Labute approximate surface area is 90.3 Å². The molecule has 1 fully saturated rings. The minimum atomic E-state index is 0.230. The number of nitrogens with zero attached hydrogens (tertiary/aromatic N) is 1. The number of carbonyl (C=O) groups is 1. The number of hydrogen-bond donors (Lipinski definition) is 1. The van der Waals surface area contributed by atoms with E-state index < -0.39 is 0 Å². The normalized spacial score (nSPS) is 17.1. The molecule has 3 heteroatoms. The van der Waals surface area contributed by atoms with E-state index in [4.69, 9.17) is 0 Å². The van der Waals surface area contributed by atoms with E-state index in [9.17, 15) is 4.79 Å². The Hall–Kier alpha value is -1.12. The SMILES string of the molecule is CC(=O)CCc1ncc(C2CCCC2)[nH]1. The molecule has 1 aliphatic rings. The van der Waals surface area contributed by atoms with Crippen LogP contribution < -0.4 is 0 Å². The summed E-state index contributed by atoms with van der Waals surface area (Å²) in [5, 5.41) is 0. The van der Waals surface area contributed by atoms with Gasteiger partial charge in [0.1, 0.15) is 11.6 Å². The maximum absolute atomic E-state index is 10.8. The first-order valence-corrected chi connectivity index (χ1v) is 5.79. The second-order valence-electron chi connectivity index (χ2n) is 4.47. The maximum atomic E-state index is 10.8. The molecule has 1 aliphatic carbocycles. The number of hydrogen-bond acceptors (Lipinski definition) is 2. The van der Waals surface area contributed by atoms with Crippen molar-refractivity contribution in [3.8, 4) is 0 Å². The van der Waals surface area contributed by atoms with Crippen LogP contribution in [0.25, 0.3) is 0 Å². The van der Waals surface area contributed by atoms with Crippen LogP contribution in [0.5, 0.6) is 0 Å². The van der Waals surface area contributed by atoms with Crippen LogP contribution in [0.15, 0.2) is 6.20 Å². The average Bonchev–Trinajstić information content (AvgIpc) is 2.85. The molecule has 15 heavy (non-hydrogen) atoms. The molecule has 0 atom stereocenters. The van der Waals surface area contributed by atoms with Crippen LogP contribution in [0.4, 0.5) is 0 Å². The van der Waals surface area contributed by atoms with Gasteiger partial charge >= 0.3 is 0 Å². The monoisotopic (exact) mass is 206 g/mol. The highest BCUT2D eigenvalue weighted by Gasteiger charge is 2.18. The van der Waals surface area contributed by atoms with Gasteiger partial charge in [0, 0.05) is 30.7 Å². The first kappa shape index (κ1) is 10.4. The Balaban J connectivity index is 1.94. The lowest BCUT2D eigenvalue weighted by Gasteiger charge is -2.04. The van der Waals surface area contributed by atoms with Gasteiger partial charge in [0.15, 0.2) is 0 Å². The van der Waals surface area contributed by atoms with E-state index in [1.165, 1.54) is 31.4 Å². The Kier molecular flexibility index (Phi) is 3.19. The molecular formula is C12H18N2O. The number of rotatable bonds is 4. The van der Waals surface area contributed by atoms with Crippen LogP contribution in [0.1, 0.15) is 56.5 Å². The molecule has 0 aliphatic heterocycles. The second kappa shape index (κ2) is 4.60. The first-order valence-electron chi connectivity index (χ1n) is 5.79. The third kappa shape index (κ3) is 2.67. The molecule has 0 bridgehead atoms. The summed E-state index contributed by atoms with van der Waals surface area (Å²) in [6, 6.07) is 0. The Morgan fingerprint density at radius 2 is 2.27 bits per heavy atom. The van der Waals surface area contributed by atoms with E-state index in [0.717, 1.165) is 12.2 Å². The first-order chi connectivity index (χ1) is 7.25. The molecule has 1 N–H and O–H groups in total. The van der Waals surface area contributed by atoms with E-state index in [0.29, 0.717) is 12.3 Å². The molecule has 0 aromatic carbocycles. The zero-order chi connectivity index (χ0) is 10.7. The van der Waals surface area contributed by atoms with Crippen molar-refractivity contribution in [1.29, 1.82) is 0 Å². The topological polar surface area (TPSA) is 45.8 Å². The summed E-state index contributed by atoms with van der Waals surface area (Å²) in [4.78, 5) is 18.5. The van der Waals surface area contributed by atoms with Gasteiger partial charge in [0.05, 0.1) is 0 Å². The van der Waals surface area contributed by atoms with Crippen LogP contribution in [-0.2, 0) is 11.2 Å². The molecule has 0 spiro atoms. The van der Waals surface area contributed by atoms with Gasteiger partial charge in [0.25, 0.3) is 0 Å². The van der Waals surface area contributed by atoms with Gasteiger partial charge < -0.3 is 9.78 Å². The van der Waals surface area contributed by atoms with Gasteiger partial charge in [-0.05, 0) is 19.8 Å². The van der Waals surface area contributed by atoms with Gasteiger partial charge in [-0.25, -0.2) is 4.98 Å². The van der Waals surface area contributed by atoms with Gasteiger partial charge in [-0.3, -0.25) is 0 Å². The van der Waals surface area contributed by atoms with E-state index in [2.05, 4.69) is 9.97 Å². The maximum Gasteiger partial charge on any atom is 0.130 e. The van der Waals surface area contributed by atoms with Crippen molar-refractivity contribution < 1.29 is 4.79 Å². The number of aryl methyl sites for hydroxylation is 1. The predicted molar refractivity (Wildman–Crippen MR) is 58.8 cm³/mol. The van der Waals surface area contributed by atoms with E-state index >= 15 is 0 Å². The highest BCUT2D eigenvalue weighted by atomic mass is 16.1. The van der Waals surface area contributed by atoms with Crippen LogP contribution in [-0.4, -0.2) is 15.8 Å². The number of H-pyrrole nitrogens is 1. The molecule has 0 unspecified atom stereocenters. The van der Waals surface area contributed by atoms with Gasteiger partial charge in [-0.2, -0.15) is 0 Å². The molecule has 0 amide bonds. The summed E-state index contributed by atoms with van der Waals surface area (Å²) < 4.78 is 0. The smallest absolute Gasteiger partial charge is 0.130 e. The van der Waals surface area contributed by atoms with Gasteiger partial charge in [-0.1, -0.05) is 12.8 Å². The standard InChI is InChI=1S/C12H18N2O/c1-9(15)6-7-12-13-8-11(14-12)10-4-2-3-5-10/h8,10H,2-7H2,1H3,(H,13,14). The number of carbonyl (C=O) groups excluding carboxylic acids is 1. The molecule has 0 radical (unpaired) electrons. The van der Waals surface area contributed by atoms with Crippen molar-refractivity contribution in [2.45, 2.75) is 51.4 Å². The summed E-state index contributed by atoms with van der Waals surface area (Å²) >= 11 is 0. The lowest BCUT2D eigenvalue weighted by molar-refractivity contribution is -0.117. The molecule has 3 nitrogen and oxygen atoms in total. The van der Waals surface area contributed by atoms with Crippen LogP contribution in [0, 0.1) is 0 Å². The molecule has 2 rings (SSSR count). The number of aromatic nitrogens is 2. The molecule has 1 heterocycles. The quantitative estimate of drug-likeness (QED) is 0.823. The largest absolute Gasteiger partial charge is 0.346 e. The lowest BCUT2D eigenvalue weighted by Crippen LogP contribution is -1.97. The number of Topliss-reactive ketones (excluding diaryl/α,β-unsaturated/α-hetero) is 1. The lowest BCUT2D eigenvalue weighted by atomic mass is 10.1. The third-order valence-electron chi connectivity index (χ3n) is 3.16. The van der Waals surface area contributed by atoms with Gasteiger partial charge in [0.2, 0.25) is 0 Å². The summed E-state index contributed by atoms with van der Waals surface area (Å²) in [5.41, 5.74) is 1.27. The predicted octanol–water partition coefficient (Wildman–Crippen LogP) is 2.59. The van der Waals surface area contributed by atoms with Crippen molar-refractivity contribution in [1.82, 2.24) is 9.97 Å². The Morgan fingerprint density at radius 1 is 1.53 bits per heavy atom. The van der Waals surface area contributed by atoms with Crippen molar-refractivity contribution in [2.75, 3.05) is 0 Å². The van der Waals surface area contributed by atoms with Gasteiger partial charge in [-0.15, -0.1) is 0 Å². The summed E-state index contributed by atoms with van der Waals surface area (Å²) in [5.74, 6) is 1.88. The van der Waals surface area contributed by atoms with E-state index in [1.807, 2.05) is 6.20 Å². The summed E-state index contributed by atoms with van der Waals surface area (Å²) in [6.07, 6.45) is 8.55. The molecular weight excluding hydrogens is 188 g/mol. The average molecular weight is 206 g/mol. The number of ketones is 1. The van der Waals surface area contributed by atoms with E-state index in [1.54, 1.807) is 6.92 Å². The zero-order valence-electron chi connectivity index (χ0n) is 9.25. The molecule has 1 saturated carbocycles. The zero-order valence-corrected chi connectivity index (χ0v) is 9.25. The molecule has 82 valence electrons. The Bertz CT molecular complexity index is 337. The Morgan fingerprint density at radius 3 is 2.93 bits per heavy atom. The molecule has 1 aromatic heterocycles. The molecule has 1 aromatic rings. The number of aromatic amines is 1. The minimum Gasteiger partial charge on any atom is -0.346 e. The van der Waals surface area contributed by atoms with Crippen LogP contribution >= 0.6 is 0 Å². The second-order valence-corrected chi connectivity index (χ2v) is 4.47. The minimum absolute atomic E-state index is 0.230. The number of imidazole rings is 1. The molecule has 0 saturated heterocycles. The van der Waals surface area contributed by atoms with Crippen molar-refractivity contribution >= 4 is 5.78 Å². The number of nitrogens with one attached hydrogen (secondary N) is 1. The highest BCUT2D eigenvalue weighted by molar-refractivity contribution is 5.75. The van der Waals surface area contributed by atoms with Crippen molar-refractivity contribution in [3.05, 3.63) is 17.7 Å². The fourth-order valence-corrected chi connectivity index (χ4v) is 2.24. The summed E-state index contributed by atoms with van der Waals surface area (Å²) in [6.45, 7) is 1.63. The summed E-state index contributed by atoms with van der Waals surface area (Å²) in [7, 11) is 0. The fourth-order valence-electron chi connectivity index (χ4n) is 2.24. The third-order valence-corrected chi connectivity index (χ3v) is 3.16. The highest BCUT2D eigenvalue weighted by Crippen LogP contribution is 2.32. The van der Waals surface area contributed by atoms with Crippen molar-refractivity contribution in [3.63, 3.8) is 0 Å². The van der Waals surface area contributed by atoms with E-state index in [-0.39, 0.29) is 5.78 Å².